The number of hydrogen-bond donors (Lipinski definition) is 2. The molecule has 0 spiro atoms. The van der Waals surface area contributed by atoms with Crippen molar-refractivity contribution in [2.24, 2.45) is 10.7 Å². The number of alkyl halides is 3. The molecule has 3 heterocycles. The largest absolute Gasteiger partial charge is 0.483 e. The first-order valence-electron chi connectivity index (χ1n) is 9.02. The molecular formula is C19H18F3N7O2S. The zero-order chi connectivity index (χ0) is 23.1. The van der Waals surface area contributed by atoms with Crippen molar-refractivity contribution in [2.75, 3.05) is 12.4 Å². The summed E-state index contributed by atoms with van der Waals surface area (Å²) in [7, 11) is 1.43. The number of aromatic nitrogens is 4. The van der Waals surface area contributed by atoms with E-state index in [9.17, 15) is 13.2 Å². The van der Waals surface area contributed by atoms with Crippen molar-refractivity contribution in [3.63, 3.8) is 0 Å². The molecule has 0 atom stereocenters. The first-order chi connectivity index (χ1) is 15.2. The second-order valence-corrected chi connectivity index (χ2v) is 7.49. The topological polar surface area (TPSA) is 124 Å². The lowest BCUT2D eigenvalue weighted by atomic mass is 10.2. The highest BCUT2D eigenvalue weighted by Gasteiger charge is 2.38. The van der Waals surface area contributed by atoms with Gasteiger partial charge in [0.2, 0.25) is 5.82 Å². The maximum atomic E-state index is 12.6. The van der Waals surface area contributed by atoms with E-state index in [4.69, 9.17) is 10.5 Å². The Labute approximate surface area is 184 Å². The molecule has 3 aromatic rings. The number of thiophene rings is 1. The fourth-order valence-corrected chi connectivity index (χ4v) is 3.35. The number of hydrogen-bond acceptors (Lipinski definition) is 9. The van der Waals surface area contributed by atoms with Gasteiger partial charge in [-0.05, 0) is 24.6 Å². The summed E-state index contributed by atoms with van der Waals surface area (Å²) in [6.07, 6.45) is 3.56. The lowest BCUT2D eigenvalue weighted by molar-refractivity contribution is -0.159. The molecule has 0 amide bonds. The summed E-state index contributed by atoms with van der Waals surface area (Å²) in [6.45, 7) is 1.86. The van der Waals surface area contributed by atoms with Gasteiger partial charge in [0.15, 0.2) is 5.88 Å². The summed E-state index contributed by atoms with van der Waals surface area (Å²) in [5, 5.41) is 6.38. The molecule has 3 N–H and O–H groups in total. The zero-order valence-corrected chi connectivity index (χ0v) is 17.7. The van der Waals surface area contributed by atoms with Crippen molar-refractivity contribution >= 4 is 23.0 Å². The van der Waals surface area contributed by atoms with Gasteiger partial charge in [0.25, 0.3) is 0 Å². The predicted molar refractivity (Wildman–Crippen MR) is 112 cm³/mol. The van der Waals surface area contributed by atoms with E-state index < -0.39 is 12.1 Å². The average Bonchev–Trinajstić information content (AvgIpc) is 3.42. The molecule has 32 heavy (non-hydrogen) atoms. The zero-order valence-electron chi connectivity index (χ0n) is 16.9. The van der Waals surface area contributed by atoms with Crippen LogP contribution in [-0.2, 0) is 17.3 Å². The van der Waals surface area contributed by atoms with Crippen LogP contribution in [0.5, 0.6) is 0 Å². The number of aliphatic imine (C=N–C) groups is 1. The van der Waals surface area contributed by atoms with E-state index in [1.807, 2.05) is 6.92 Å². The van der Waals surface area contributed by atoms with Crippen molar-refractivity contribution in [1.82, 2.24) is 20.1 Å². The van der Waals surface area contributed by atoms with Crippen molar-refractivity contribution in [1.29, 1.82) is 0 Å². The molecule has 0 aromatic carbocycles. The first kappa shape index (κ1) is 22.9. The minimum absolute atomic E-state index is 0.108. The Hall–Kier alpha value is -3.74. The van der Waals surface area contributed by atoms with Crippen LogP contribution >= 0.6 is 11.3 Å². The maximum Gasteiger partial charge on any atom is 0.471 e. The van der Waals surface area contributed by atoms with Gasteiger partial charge in [-0.3, -0.25) is 4.98 Å². The minimum atomic E-state index is -4.68. The van der Waals surface area contributed by atoms with Gasteiger partial charge in [-0.15, -0.1) is 11.3 Å². The molecule has 0 bridgehead atoms. The van der Waals surface area contributed by atoms with E-state index in [2.05, 4.69) is 34.9 Å². The Bertz CT molecular complexity index is 1140. The molecule has 0 fully saturated rings. The Morgan fingerprint density at radius 2 is 2.16 bits per heavy atom. The number of halogens is 3. The van der Waals surface area contributed by atoms with Crippen molar-refractivity contribution < 1.29 is 22.4 Å². The van der Waals surface area contributed by atoms with E-state index in [-0.39, 0.29) is 11.7 Å². The molecule has 13 heteroatoms. The summed E-state index contributed by atoms with van der Waals surface area (Å²) >= 11 is 1.26. The predicted octanol–water partition coefficient (Wildman–Crippen LogP) is 4.01. The third kappa shape index (κ3) is 6.38. The summed E-state index contributed by atoms with van der Waals surface area (Å²) in [6, 6.07) is 3.43. The Morgan fingerprint density at radius 3 is 2.81 bits per heavy atom. The molecule has 0 saturated heterocycles. The van der Waals surface area contributed by atoms with Crippen LogP contribution in [0.1, 0.15) is 17.7 Å². The summed E-state index contributed by atoms with van der Waals surface area (Å²) < 4.78 is 47.2. The van der Waals surface area contributed by atoms with Crippen molar-refractivity contribution in [2.45, 2.75) is 19.5 Å². The smallest absolute Gasteiger partial charge is 0.471 e. The van der Waals surface area contributed by atoms with Crippen LogP contribution in [0.4, 0.5) is 19.0 Å². The molecule has 168 valence electrons. The molecule has 0 radical (unpaired) electrons. The van der Waals surface area contributed by atoms with Crippen molar-refractivity contribution in [3.05, 3.63) is 65.2 Å². The van der Waals surface area contributed by atoms with Crippen LogP contribution in [-0.4, -0.2) is 33.1 Å². The number of rotatable bonds is 7. The second kappa shape index (κ2) is 10.0. The SMILES string of the molecule is CO/C(N)=C/C(=N\C=C(/C)Cc1ccc(-c2noc(C(F)(F)F)n2)s1)Nc1cnccn1. The van der Waals surface area contributed by atoms with E-state index >= 15 is 0 Å². The fourth-order valence-electron chi connectivity index (χ4n) is 2.33. The number of methoxy groups -OCH3 is 1. The minimum Gasteiger partial charge on any atom is -0.483 e. The molecule has 3 rings (SSSR count). The van der Waals surface area contributed by atoms with E-state index in [0.29, 0.717) is 23.0 Å². The molecule has 0 aliphatic heterocycles. The molecular weight excluding hydrogens is 447 g/mol. The number of allylic oxidation sites excluding steroid dienone is 1. The van der Waals surface area contributed by atoms with E-state index in [1.54, 1.807) is 24.5 Å². The molecule has 9 nitrogen and oxygen atoms in total. The van der Waals surface area contributed by atoms with Crippen LogP contribution in [0.3, 0.4) is 0 Å². The van der Waals surface area contributed by atoms with Crippen LogP contribution in [0.15, 0.2) is 64.0 Å². The highest BCUT2D eigenvalue weighted by Crippen LogP contribution is 2.32. The van der Waals surface area contributed by atoms with Gasteiger partial charge in [-0.1, -0.05) is 5.16 Å². The number of nitrogens with zero attached hydrogens (tertiary/aromatic N) is 5. The summed E-state index contributed by atoms with van der Waals surface area (Å²) in [5.41, 5.74) is 6.60. The number of amidine groups is 1. The lowest BCUT2D eigenvalue weighted by Gasteiger charge is -2.06. The normalized spacial score (nSPS) is 13.3. The fraction of sp³-hybridized carbons (Fsp3) is 0.211. The van der Waals surface area contributed by atoms with E-state index in [1.165, 1.54) is 36.9 Å². The van der Waals surface area contributed by atoms with Gasteiger partial charge in [0, 0.05) is 36.0 Å². The third-order valence-electron chi connectivity index (χ3n) is 3.76. The lowest BCUT2D eigenvalue weighted by Crippen LogP contribution is -2.13. The number of nitrogens with one attached hydrogen (secondary N) is 1. The van der Waals surface area contributed by atoms with Crippen LogP contribution in [0.2, 0.25) is 0 Å². The van der Waals surface area contributed by atoms with Crippen LogP contribution in [0, 0.1) is 0 Å². The quantitative estimate of drug-likeness (QED) is 0.305. The molecule has 0 saturated carbocycles. The molecule has 0 unspecified atom stereocenters. The van der Waals surface area contributed by atoms with Gasteiger partial charge in [0.05, 0.1) is 18.2 Å². The van der Waals surface area contributed by atoms with Gasteiger partial charge in [-0.2, -0.15) is 18.2 Å². The first-order valence-corrected chi connectivity index (χ1v) is 9.84. The second-order valence-electron chi connectivity index (χ2n) is 6.32. The van der Waals surface area contributed by atoms with Gasteiger partial charge >= 0.3 is 12.1 Å². The Balaban J connectivity index is 1.73. The summed E-state index contributed by atoms with van der Waals surface area (Å²) in [4.78, 5) is 17.2. The van der Waals surface area contributed by atoms with Gasteiger partial charge in [-0.25, -0.2) is 9.98 Å². The van der Waals surface area contributed by atoms with Crippen LogP contribution < -0.4 is 11.1 Å². The highest BCUT2D eigenvalue weighted by atomic mass is 32.1. The number of anilines is 1. The Kier molecular flexibility index (Phi) is 7.20. The summed E-state index contributed by atoms with van der Waals surface area (Å²) in [5.74, 6) is -0.489. The Morgan fingerprint density at radius 1 is 1.34 bits per heavy atom. The average molecular weight is 465 g/mol. The van der Waals surface area contributed by atoms with Gasteiger partial charge < -0.3 is 20.3 Å². The third-order valence-corrected chi connectivity index (χ3v) is 4.84. The van der Waals surface area contributed by atoms with Gasteiger partial charge in [0.1, 0.15) is 11.7 Å². The molecule has 0 aliphatic carbocycles. The number of nitrogens with two attached hydrogens (primary N) is 1. The van der Waals surface area contributed by atoms with Crippen LogP contribution in [0.25, 0.3) is 10.7 Å². The van der Waals surface area contributed by atoms with Crippen molar-refractivity contribution in [3.8, 4) is 10.7 Å². The molecule has 0 aliphatic rings. The highest BCUT2D eigenvalue weighted by molar-refractivity contribution is 7.15. The van der Waals surface area contributed by atoms with E-state index in [0.717, 1.165) is 10.5 Å². The molecule has 3 aromatic heterocycles. The standard InChI is InChI=1S/C19H18F3N7O2S/c1-11(9-26-15(8-14(23)30-2)27-16-10-24-5-6-25-16)7-12-3-4-13(32-12)17-28-18(31-29-17)19(20,21)22/h3-6,8-10H,7,23H2,1-2H3,(H,25,26,27)/b11-9+,14-8+. The number of ether oxygens (including phenoxy) is 1. The maximum absolute atomic E-state index is 12.6. The monoisotopic (exact) mass is 465 g/mol.